The lowest BCUT2D eigenvalue weighted by Crippen LogP contribution is -2.34. The van der Waals surface area contributed by atoms with Gasteiger partial charge in [0.15, 0.2) is 5.75 Å². The number of hydrogen-bond acceptors (Lipinski definition) is 2. The van der Waals surface area contributed by atoms with Crippen molar-refractivity contribution in [2.75, 3.05) is 18.4 Å². The standard InChI is InChI=1S/C12H14BrF3N2O2/c1-3-18(4-2)11(19)17-9-6-5-8(13)7-10(9)20-12(14,15)16/h5-7H,3-4H2,1-2H3,(H,17,19). The van der Waals surface area contributed by atoms with Crippen LogP contribution < -0.4 is 10.1 Å². The molecule has 0 spiro atoms. The third kappa shape index (κ3) is 4.92. The van der Waals surface area contributed by atoms with E-state index in [1.807, 2.05) is 0 Å². The van der Waals surface area contributed by atoms with E-state index < -0.39 is 18.1 Å². The SMILES string of the molecule is CCN(CC)C(=O)Nc1ccc(Br)cc1OC(F)(F)F. The quantitative estimate of drug-likeness (QED) is 0.879. The molecule has 0 fully saturated rings. The molecule has 20 heavy (non-hydrogen) atoms. The number of alkyl halides is 3. The molecule has 0 atom stereocenters. The minimum atomic E-state index is -4.82. The van der Waals surface area contributed by atoms with Crippen LogP contribution in [0.4, 0.5) is 23.7 Å². The van der Waals surface area contributed by atoms with Crippen LogP contribution in [0.15, 0.2) is 22.7 Å². The highest BCUT2D eigenvalue weighted by atomic mass is 79.9. The highest BCUT2D eigenvalue weighted by molar-refractivity contribution is 9.10. The molecule has 1 aromatic rings. The van der Waals surface area contributed by atoms with Crippen LogP contribution in [-0.2, 0) is 0 Å². The second-order valence-corrected chi connectivity index (χ2v) is 4.71. The Balaban J connectivity index is 2.97. The van der Waals surface area contributed by atoms with Crippen LogP contribution in [-0.4, -0.2) is 30.4 Å². The summed E-state index contributed by atoms with van der Waals surface area (Å²) in [7, 11) is 0. The van der Waals surface area contributed by atoms with Crippen molar-refractivity contribution in [2.24, 2.45) is 0 Å². The van der Waals surface area contributed by atoms with Gasteiger partial charge in [-0.15, -0.1) is 13.2 Å². The average molecular weight is 355 g/mol. The Bertz CT molecular complexity index is 476. The molecule has 8 heteroatoms. The highest BCUT2D eigenvalue weighted by Gasteiger charge is 2.32. The Morgan fingerprint density at radius 2 is 1.95 bits per heavy atom. The maximum absolute atomic E-state index is 12.3. The number of amides is 2. The number of anilines is 1. The van der Waals surface area contributed by atoms with Gasteiger partial charge in [0.05, 0.1) is 5.69 Å². The maximum Gasteiger partial charge on any atom is 0.573 e. The maximum atomic E-state index is 12.3. The summed E-state index contributed by atoms with van der Waals surface area (Å²) in [5.41, 5.74) is -0.0394. The summed E-state index contributed by atoms with van der Waals surface area (Å²) in [6.45, 7) is 4.46. The molecule has 0 aromatic heterocycles. The molecule has 0 aliphatic rings. The first-order valence-corrected chi connectivity index (χ1v) is 6.67. The summed E-state index contributed by atoms with van der Waals surface area (Å²) in [6.07, 6.45) is -4.82. The van der Waals surface area contributed by atoms with Crippen LogP contribution in [0.25, 0.3) is 0 Å². The van der Waals surface area contributed by atoms with Crippen molar-refractivity contribution in [3.63, 3.8) is 0 Å². The molecule has 0 saturated carbocycles. The fraction of sp³-hybridized carbons (Fsp3) is 0.417. The third-order valence-corrected chi connectivity index (χ3v) is 2.95. The number of carbonyl (C=O) groups excluding carboxylic acids is 1. The second-order valence-electron chi connectivity index (χ2n) is 3.79. The summed E-state index contributed by atoms with van der Waals surface area (Å²) in [5.74, 6) is -0.465. The molecule has 0 saturated heterocycles. The third-order valence-electron chi connectivity index (χ3n) is 2.46. The smallest absolute Gasteiger partial charge is 0.404 e. The molecule has 0 bridgehead atoms. The predicted octanol–water partition coefficient (Wildman–Crippen LogP) is 4.22. The van der Waals surface area contributed by atoms with Crippen molar-refractivity contribution in [1.82, 2.24) is 4.90 Å². The van der Waals surface area contributed by atoms with E-state index in [4.69, 9.17) is 0 Å². The van der Waals surface area contributed by atoms with Crippen LogP contribution in [0.2, 0.25) is 0 Å². The predicted molar refractivity (Wildman–Crippen MR) is 72.8 cm³/mol. The van der Waals surface area contributed by atoms with E-state index in [1.54, 1.807) is 13.8 Å². The minimum absolute atomic E-state index is 0.0394. The summed E-state index contributed by atoms with van der Waals surface area (Å²) in [5, 5.41) is 2.40. The lowest BCUT2D eigenvalue weighted by Gasteiger charge is -2.21. The molecule has 0 heterocycles. The zero-order valence-electron chi connectivity index (χ0n) is 10.9. The minimum Gasteiger partial charge on any atom is -0.404 e. The van der Waals surface area contributed by atoms with E-state index in [1.165, 1.54) is 17.0 Å². The van der Waals surface area contributed by atoms with Gasteiger partial charge in [0, 0.05) is 17.6 Å². The Kier molecular flexibility index (Phi) is 5.67. The van der Waals surface area contributed by atoms with Crippen LogP contribution in [0.5, 0.6) is 5.75 Å². The van der Waals surface area contributed by atoms with Gasteiger partial charge < -0.3 is 15.0 Å². The number of rotatable bonds is 4. The first kappa shape index (κ1) is 16.6. The van der Waals surface area contributed by atoms with Gasteiger partial charge in [0.2, 0.25) is 0 Å². The van der Waals surface area contributed by atoms with Crippen LogP contribution in [0.1, 0.15) is 13.8 Å². The zero-order chi connectivity index (χ0) is 15.3. The van der Waals surface area contributed by atoms with Gasteiger partial charge in [-0.1, -0.05) is 15.9 Å². The zero-order valence-corrected chi connectivity index (χ0v) is 12.5. The van der Waals surface area contributed by atoms with Crippen LogP contribution in [0, 0.1) is 0 Å². The van der Waals surface area contributed by atoms with E-state index in [0.29, 0.717) is 17.6 Å². The van der Waals surface area contributed by atoms with Crippen molar-refractivity contribution in [3.8, 4) is 5.75 Å². The van der Waals surface area contributed by atoms with Gasteiger partial charge in [-0.2, -0.15) is 0 Å². The molecular weight excluding hydrogens is 341 g/mol. The monoisotopic (exact) mass is 354 g/mol. The normalized spacial score (nSPS) is 11.1. The summed E-state index contributed by atoms with van der Waals surface area (Å²) in [4.78, 5) is 13.3. The van der Waals surface area contributed by atoms with Crippen molar-refractivity contribution in [2.45, 2.75) is 20.2 Å². The number of hydrogen-bond donors (Lipinski definition) is 1. The Morgan fingerprint density at radius 3 is 2.45 bits per heavy atom. The molecule has 4 nitrogen and oxygen atoms in total. The molecule has 112 valence electrons. The number of urea groups is 1. The van der Waals surface area contributed by atoms with Gasteiger partial charge in [0.1, 0.15) is 0 Å². The van der Waals surface area contributed by atoms with Crippen molar-refractivity contribution >= 4 is 27.6 Å². The average Bonchev–Trinajstić information content (AvgIpc) is 2.32. The molecule has 0 aliphatic carbocycles. The van der Waals surface area contributed by atoms with Gasteiger partial charge in [-0.05, 0) is 32.0 Å². The van der Waals surface area contributed by atoms with Gasteiger partial charge in [-0.3, -0.25) is 0 Å². The van der Waals surface area contributed by atoms with E-state index >= 15 is 0 Å². The molecule has 1 aromatic carbocycles. The Hall–Kier alpha value is -1.44. The Morgan fingerprint density at radius 1 is 1.35 bits per heavy atom. The van der Waals surface area contributed by atoms with Crippen molar-refractivity contribution < 1.29 is 22.7 Å². The van der Waals surface area contributed by atoms with Crippen LogP contribution in [0.3, 0.4) is 0 Å². The van der Waals surface area contributed by atoms with Gasteiger partial charge in [0.25, 0.3) is 0 Å². The number of carbonyl (C=O) groups is 1. The molecular formula is C12H14BrF3N2O2. The largest absolute Gasteiger partial charge is 0.573 e. The number of nitrogens with one attached hydrogen (secondary N) is 1. The van der Waals surface area contributed by atoms with E-state index in [-0.39, 0.29) is 5.69 Å². The first-order chi connectivity index (χ1) is 9.26. The lowest BCUT2D eigenvalue weighted by atomic mass is 10.3. The fourth-order valence-electron chi connectivity index (χ4n) is 1.51. The second kappa shape index (κ2) is 6.83. The van der Waals surface area contributed by atoms with Crippen LogP contribution >= 0.6 is 15.9 Å². The van der Waals surface area contributed by atoms with E-state index in [9.17, 15) is 18.0 Å². The Labute approximate surface area is 123 Å². The van der Waals surface area contributed by atoms with E-state index in [0.717, 1.165) is 6.07 Å². The first-order valence-electron chi connectivity index (χ1n) is 5.88. The highest BCUT2D eigenvalue weighted by Crippen LogP contribution is 2.33. The molecule has 2 amide bonds. The number of ether oxygens (including phenoxy) is 1. The number of nitrogens with zero attached hydrogens (tertiary/aromatic N) is 1. The van der Waals surface area contributed by atoms with Gasteiger partial charge in [-0.25, -0.2) is 4.79 Å². The van der Waals surface area contributed by atoms with Crippen molar-refractivity contribution in [1.29, 1.82) is 0 Å². The summed E-state index contributed by atoms with van der Waals surface area (Å²) < 4.78 is 41.3. The fourth-order valence-corrected chi connectivity index (χ4v) is 1.85. The summed E-state index contributed by atoms with van der Waals surface area (Å²) in [6, 6.07) is 3.52. The van der Waals surface area contributed by atoms with E-state index in [2.05, 4.69) is 26.0 Å². The van der Waals surface area contributed by atoms with Gasteiger partial charge >= 0.3 is 12.4 Å². The molecule has 0 aliphatic heterocycles. The number of benzene rings is 1. The lowest BCUT2D eigenvalue weighted by molar-refractivity contribution is -0.274. The molecule has 0 unspecified atom stereocenters. The molecule has 1 rings (SSSR count). The summed E-state index contributed by atoms with van der Waals surface area (Å²) >= 11 is 3.06. The topological polar surface area (TPSA) is 41.6 Å². The number of halogens is 4. The molecule has 1 N–H and O–H groups in total. The molecule has 0 radical (unpaired) electrons. The van der Waals surface area contributed by atoms with Crippen molar-refractivity contribution in [3.05, 3.63) is 22.7 Å².